The smallest absolute Gasteiger partial charge is 0.229 e. The van der Waals surface area contributed by atoms with Gasteiger partial charge in [0.05, 0.1) is 12.8 Å². The minimum absolute atomic E-state index is 0.571. The highest BCUT2D eigenvalue weighted by atomic mass is 32.2. The van der Waals surface area contributed by atoms with Crippen molar-refractivity contribution in [2.75, 3.05) is 31.1 Å². The fourth-order valence-corrected chi connectivity index (χ4v) is 2.37. The van der Waals surface area contributed by atoms with Crippen molar-refractivity contribution in [3.63, 3.8) is 0 Å². The molecule has 1 heterocycles. The molecule has 7 heteroatoms. The number of guanidine groups is 1. The van der Waals surface area contributed by atoms with Gasteiger partial charge in [-0.3, -0.25) is 9.71 Å². The number of benzene rings is 1. The second-order valence-corrected chi connectivity index (χ2v) is 6.30. The molecule has 19 heavy (non-hydrogen) atoms. The number of anilines is 1. The van der Waals surface area contributed by atoms with Crippen LogP contribution in [0.4, 0.5) is 5.69 Å². The molecule has 6 nitrogen and oxygen atoms in total. The van der Waals surface area contributed by atoms with Gasteiger partial charge >= 0.3 is 0 Å². The van der Waals surface area contributed by atoms with Crippen molar-refractivity contribution in [2.24, 2.45) is 4.99 Å². The average molecular weight is 282 g/mol. The van der Waals surface area contributed by atoms with Gasteiger partial charge in [0.1, 0.15) is 0 Å². The number of nitrogens with one attached hydrogen (secondary N) is 2. The summed E-state index contributed by atoms with van der Waals surface area (Å²) in [6.07, 6.45) is 1.14. The van der Waals surface area contributed by atoms with E-state index in [0.29, 0.717) is 12.2 Å². The monoisotopic (exact) mass is 282 g/mol. The van der Waals surface area contributed by atoms with Gasteiger partial charge in [-0.15, -0.1) is 0 Å². The molecule has 104 valence electrons. The standard InChI is InChI=1S/C12H18N4O2S/c1-16-8-7-13-12(16)14-9-10-3-5-11(6-4-10)15-19(2,17)18/h3-6,15H,7-9H2,1-2H3,(H,13,14). The maximum Gasteiger partial charge on any atom is 0.229 e. The van der Waals surface area contributed by atoms with Crippen LogP contribution in [0.25, 0.3) is 0 Å². The van der Waals surface area contributed by atoms with E-state index in [1.165, 1.54) is 0 Å². The molecule has 0 saturated heterocycles. The molecule has 0 saturated carbocycles. The van der Waals surface area contributed by atoms with E-state index in [2.05, 4.69) is 19.9 Å². The molecule has 0 fully saturated rings. The molecule has 0 unspecified atom stereocenters. The molecule has 0 radical (unpaired) electrons. The maximum atomic E-state index is 11.1. The second-order valence-electron chi connectivity index (χ2n) is 4.55. The van der Waals surface area contributed by atoms with Gasteiger partial charge in [0.2, 0.25) is 10.0 Å². The Balaban J connectivity index is 1.92. The van der Waals surface area contributed by atoms with Crippen LogP contribution < -0.4 is 10.0 Å². The zero-order valence-electron chi connectivity index (χ0n) is 11.0. The molecule has 2 rings (SSSR count). The molecule has 1 aromatic carbocycles. The lowest BCUT2D eigenvalue weighted by atomic mass is 10.2. The van der Waals surface area contributed by atoms with Crippen molar-refractivity contribution in [1.82, 2.24) is 10.2 Å². The van der Waals surface area contributed by atoms with E-state index in [-0.39, 0.29) is 0 Å². The topological polar surface area (TPSA) is 73.8 Å². The van der Waals surface area contributed by atoms with E-state index in [1.54, 1.807) is 12.1 Å². The van der Waals surface area contributed by atoms with Crippen LogP contribution in [0.3, 0.4) is 0 Å². The predicted molar refractivity (Wildman–Crippen MR) is 76.7 cm³/mol. The van der Waals surface area contributed by atoms with Crippen molar-refractivity contribution < 1.29 is 8.42 Å². The van der Waals surface area contributed by atoms with E-state index in [9.17, 15) is 8.42 Å². The maximum absolute atomic E-state index is 11.1. The summed E-state index contributed by atoms with van der Waals surface area (Å²) in [6.45, 7) is 2.44. The lowest BCUT2D eigenvalue weighted by molar-refractivity contribution is 0.534. The SMILES string of the molecule is CN1CCN=C1NCc1ccc(NS(C)(=O)=O)cc1. The van der Waals surface area contributed by atoms with Crippen LogP contribution in [0, 0.1) is 0 Å². The Morgan fingerprint density at radius 3 is 2.53 bits per heavy atom. The van der Waals surface area contributed by atoms with Gasteiger partial charge in [0.25, 0.3) is 0 Å². The van der Waals surface area contributed by atoms with Crippen molar-refractivity contribution in [1.29, 1.82) is 0 Å². The highest BCUT2D eigenvalue weighted by Gasteiger charge is 2.11. The quantitative estimate of drug-likeness (QED) is 0.841. The van der Waals surface area contributed by atoms with Crippen molar-refractivity contribution >= 4 is 21.7 Å². The third kappa shape index (κ3) is 4.13. The Morgan fingerprint density at radius 1 is 1.32 bits per heavy atom. The van der Waals surface area contributed by atoms with Crippen LogP contribution in [-0.2, 0) is 16.6 Å². The summed E-state index contributed by atoms with van der Waals surface area (Å²) < 4.78 is 24.6. The minimum atomic E-state index is -3.21. The van der Waals surface area contributed by atoms with Crippen molar-refractivity contribution in [3.8, 4) is 0 Å². The average Bonchev–Trinajstić information content (AvgIpc) is 2.72. The Morgan fingerprint density at radius 2 is 2.00 bits per heavy atom. The summed E-state index contributed by atoms with van der Waals surface area (Å²) in [4.78, 5) is 6.41. The van der Waals surface area contributed by atoms with Crippen LogP contribution in [0.15, 0.2) is 29.3 Å². The van der Waals surface area contributed by atoms with E-state index in [4.69, 9.17) is 0 Å². The summed E-state index contributed by atoms with van der Waals surface area (Å²) in [7, 11) is -1.22. The Hall–Kier alpha value is -1.76. The third-order valence-corrected chi connectivity index (χ3v) is 3.37. The van der Waals surface area contributed by atoms with Crippen molar-refractivity contribution in [2.45, 2.75) is 6.54 Å². The summed E-state index contributed by atoms with van der Waals surface area (Å²) in [5.74, 6) is 0.901. The highest BCUT2D eigenvalue weighted by Crippen LogP contribution is 2.11. The first-order valence-electron chi connectivity index (χ1n) is 6.00. The van der Waals surface area contributed by atoms with Crippen LogP contribution in [-0.4, -0.2) is 45.7 Å². The first-order chi connectivity index (χ1) is 8.94. The molecule has 0 aromatic heterocycles. The number of rotatable bonds is 4. The molecule has 0 aliphatic carbocycles. The Labute approximate surface area is 113 Å². The molecule has 0 bridgehead atoms. The fraction of sp³-hybridized carbons (Fsp3) is 0.417. The normalized spacial score (nSPS) is 15.3. The van der Waals surface area contributed by atoms with Crippen LogP contribution >= 0.6 is 0 Å². The molecule has 1 aromatic rings. The molecule has 0 amide bonds. The highest BCUT2D eigenvalue weighted by molar-refractivity contribution is 7.92. The third-order valence-electron chi connectivity index (χ3n) is 2.77. The summed E-state index contributed by atoms with van der Waals surface area (Å²) in [5, 5.41) is 3.25. The van der Waals surface area contributed by atoms with E-state index in [1.807, 2.05) is 19.2 Å². The van der Waals surface area contributed by atoms with Gasteiger partial charge in [-0.25, -0.2) is 8.42 Å². The van der Waals surface area contributed by atoms with E-state index in [0.717, 1.165) is 30.9 Å². The number of hydrogen-bond acceptors (Lipinski definition) is 5. The largest absolute Gasteiger partial charge is 0.352 e. The molecule has 1 aliphatic rings. The summed E-state index contributed by atoms with van der Waals surface area (Å²) in [6, 6.07) is 7.27. The zero-order chi connectivity index (χ0) is 13.9. The van der Waals surface area contributed by atoms with E-state index >= 15 is 0 Å². The summed E-state index contributed by atoms with van der Waals surface area (Å²) >= 11 is 0. The van der Waals surface area contributed by atoms with Crippen molar-refractivity contribution in [3.05, 3.63) is 29.8 Å². The summed E-state index contributed by atoms with van der Waals surface area (Å²) in [5.41, 5.74) is 1.64. The lowest BCUT2D eigenvalue weighted by Gasteiger charge is -2.15. The minimum Gasteiger partial charge on any atom is -0.352 e. The molecule has 0 spiro atoms. The van der Waals surface area contributed by atoms with Gasteiger partial charge in [-0.05, 0) is 17.7 Å². The van der Waals surface area contributed by atoms with Gasteiger partial charge < -0.3 is 10.2 Å². The number of likely N-dealkylation sites (N-methyl/N-ethyl adjacent to an activating group) is 1. The first kappa shape index (κ1) is 13.7. The Bertz CT molecular complexity index is 566. The number of sulfonamides is 1. The van der Waals surface area contributed by atoms with Crippen LogP contribution in [0.2, 0.25) is 0 Å². The van der Waals surface area contributed by atoms with Gasteiger partial charge in [-0.2, -0.15) is 0 Å². The number of aliphatic imine (C=N–C) groups is 1. The second kappa shape index (κ2) is 5.48. The Kier molecular flexibility index (Phi) is 3.94. The van der Waals surface area contributed by atoms with Gasteiger partial charge in [0, 0.05) is 25.8 Å². The molecule has 0 atom stereocenters. The number of nitrogens with zero attached hydrogens (tertiary/aromatic N) is 2. The predicted octanol–water partition coefficient (Wildman–Crippen LogP) is 0.449. The molecule has 1 aliphatic heterocycles. The molecular formula is C12H18N4O2S. The van der Waals surface area contributed by atoms with Gasteiger partial charge in [0.15, 0.2) is 5.96 Å². The first-order valence-corrected chi connectivity index (χ1v) is 7.89. The lowest BCUT2D eigenvalue weighted by Crippen LogP contribution is -2.35. The van der Waals surface area contributed by atoms with Crippen LogP contribution in [0.1, 0.15) is 5.56 Å². The number of hydrogen-bond donors (Lipinski definition) is 2. The van der Waals surface area contributed by atoms with E-state index < -0.39 is 10.0 Å². The molecular weight excluding hydrogens is 264 g/mol. The molecule has 2 N–H and O–H groups in total. The zero-order valence-corrected chi connectivity index (χ0v) is 11.9. The van der Waals surface area contributed by atoms with Gasteiger partial charge in [-0.1, -0.05) is 12.1 Å². The fourth-order valence-electron chi connectivity index (χ4n) is 1.81. The van der Waals surface area contributed by atoms with Crippen LogP contribution in [0.5, 0.6) is 0 Å².